The summed E-state index contributed by atoms with van der Waals surface area (Å²) in [6.45, 7) is 2.45. The van der Waals surface area contributed by atoms with Gasteiger partial charge in [-0.3, -0.25) is 4.90 Å². The van der Waals surface area contributed by atoms with Crippen molar-refractivity contribution in [1.29, 1.82) is 0 Å². The molecule has 100 valence electrons. The molecule has 3 N–H and O–H groups in total. The summed E-state index contributed by atoms with van der Waals surface area (Å²) >= 11 is 5.86. The molecule has 0 radical (unpaired) electrons. The Balaban J connectivity index is 2.02. The molecule has 1 heterocycles. The zero-order chi connectivity index (χ0) is 13.0. The van der Waals surface area contributed by atoms with Gasteiger partial charge >= 0.3 is 0 Å². The van der Waals surface area contributed by atoms with E-state index >= 15 is 0 Å². The van der Waals surface area contributed by atoms with Crippen LogP contribution in [-0.4, -0.2) is 53.5 Å². The second-order valence-corrected chi connectivity index (χ2v) is 5.12. The first-order chi connectivity index (χ1) is 8.72. The van der Waals surface area contributed by atoms with Gasteiger partial charge in [0.05, 0.1) is 13.2 Å². The van der Waals surface area contributed by atoms with Crippen LogP contribution >= 0.6 is 11.6 Å². The van der Waals surface area contributed by atoms with Gasteiger partial charge in [0.25, 0.3) is 0 Å². The molecular weight excluding hydrogens is 252 g/mol. The molecular formula is C13H19ClN2O2. The Morgan fingerprint density at radius 3 is 2.56 bits per heavy atom. The third-order valence-corrected chi connectivity index (χ3v) is 3.60. The first kappa shape index (κ1) is 13.8. The van der Waals surface area contributed by atoms with Crippen molar-refractivity contribution in [2.24, 2.45) is 0 Å². The van der Waals surface area contributed by atoms with Crippen LogP contribution in [0, 0.1) is 0 Å². The number of nitrogens with one attached hydrogen (secondary N) is 1. The topological polar surface area (TPSA) is 55.7 Å². The fraction of sp³-hybridized carbons (Fsp3) is 0.538. The Morgan fingerprint density at radius 2 is 1.94 bits per heavy atom. The minimum atomic E-state index is 0.0834. The number of aliphatic hydroxyl groups is 2. The third-order valence-electron chi connectivity index (χ3n) is 3.34. The number of nitrogens with zero attached hydrogens (tertiary/aromatic N) is 1. The van der Waals surface area contributed by atoms with Gasteiger partial charge in [0.15, 0.2) is 0 Å². The van der Waals surface area contributed by atoms with E-state index in [4.69, 9.17) is 11.6 Å². The van der Waals surface area contributed by atoms with E-state index in [1.54, 1.807) is 0 Å². The Labute approximate surface area is 112 Å². The smallest absolute Gasteiger partial charge is 0.0599 e. The average Bonchev–Trinajstić information content (AvgIpc) is 2.41. The van der Waals surface area contributed by atoms with Crippen molar-refractivity contribution in [2.75, 3.05) is 26.3 Å². The van der Waals surface area contributed by atoms with Crippen molar-refractivity contribution in [1.82, 2.24) is 10.2 Å². The number of halogens is 1. The Morgan fingerprint density at radius 1 is 1.22 bits per heavy atom. The number of piperazine rings is 1. The van der Waals surface area contributed by atoms with E-state index in [1.165, 1.54) is 0 Å². The Bertz CT molecular complexity index is 372. The maximum atomic E-state index is 9.38. The second kappa shape index (κ2) is 6.50. The van der Waals surface area contributed by atoms with Crippen LogP contribution in [0.1, 0.15) is 5.56 Å². The SMILES string of the molecule is OCC1CN(Cc2ccc(Cl)cc2)C(CO)CN1. The number of aliphatic hydroxyl groups excluding tert-OH is 2. The zero-order valence-corrected chi connectivity index (χ0v) is 11.0. The molecule has 1 aromatic carbocycles. The molecule has 0 aromatic heterocycles. The summed E-state index contributed by atoms with van der Waals surface area (Å²) in [5.41, 5.74) is 1.16. The molecule has 1 aliphatic rings. The molecule has 4 nitrogen and oxygen atoms in total. The van der Waals surface area contributed by atoms with Crippen molar-refractivity contribution in [2.45, 2.75) is 18.6 Å². The second-order valence-electron chi connectivity index (χ2n) is 4.68. The summed E-state index contributed by atoms with van der Waals surface area (Å²) < 4.78 is 0. The highest BCUT2D eigenvalue weighted by Crippen LogP contribution is 2.15. The van der Waals surface area contributed by atoms with Crippen LogP contribution in [0.5, 0.6) is 0 Å². The highest BCUT2D eigenvalue weighted by molar-refractivity contribution is 6.30. The van der Waals surface area contributed by atoms with Crippen LogP contribution in [0.2, 0.25) is 5.02 Å². The van der Waals surface area contributed by atoms with E-state index in [1.807, 2.05) is 24.3 Å². The largest absolute Gasteiger partial charge is 0.395 e. The van der Waals surface area contributed by atoms with E-state index in [2.05, 4.69) is 10.2 Å². The van der Waals surface area contributed by atoms with Crippen molar-refractivity contribution in [3.63, 3.8) is 0 Å². The molecule has 0 saturated carbocycles. The first-order valence-corrected chi connectivity index (χ1v) is 6.54. The van der Waals surface area contributed by atoms with Crippen molar-refractivity contribution in [3.8, 4) is 0 Å². The summed E-state index contributed by atoms with van der Waals surface area (Å²) in [6.07, 6.45) is 0. The fourth-order valence-corrected chi connectivity index (χ4v) is 2.37. The number of hydrogen-bond acceptors (Lipinski definition) is 4. The molecule has 5 heteroatoms. The van der Waals surface area contributed by atoms with Crippen LogP contribution in [0.15, 0.2) is 24.3 Å². The van der Waals surface area contributed by atoms with Crippen molar-refractivity contribution in [3.05, 3.63) is 34.9 Å². The van der Waals surface area contributed by atoms with E-state index in [0.717, 1.165) is 23.7 Å². The van der Waals surface area contributed by atoms with Crippen LogP contribution < -0.4 is 5.32 Å². The number of benzene rings is 1. The lowest BCUT2D eigenvalue weighted by molar-refractivity contribution is 0.0590. The van der Waals surface area contributed by atoms with Gasteiger partial charge in [-0.2, -0.15) is 0 Å². The average molecular weight is 271 g/mol. The lowest BCUT2D eigenvalue weighted by Crippen LogP contribution is -2.58. The molecule has 0 spiro atoms. The van der Waals surface area contributed by atoms with E-state index in [0.29, 0.717) is 6.54 Å². The molecule has 0 amide bonds. The van der Waals surface area contributed by atoms with Gasteiger partial charge in [0.1, 0.15) is 0 Å². The number of rotatable bonds is 4. The van der Waals surface area contributed by atoms with Crippen molar-refractivity contribution < 1.29 is 10.2 Å². The van der Waals surface area contributed by atoms with E-state index in [-0.39, 0.29) is 25.3 Å². The summed E-state index contributed by atoms with van der Waals surface area (Å²) in [5.74, 6) is 0. The summed E-state index contributed by atoms with van der Waals surface area (Å²) in [7, 11) is 0. The minimum absolute atomic E-state index is 0.0834. The quantitative estimate of drug-likeness (QED) is 0.744. The predicted octanol–water partition coefficient (Wildman–Crippen LogP) is 0.467. The lowest BCUT2D eigenvalue weighted by atomic mass is 10.1. The predicted molar refractivity (Wildman–Crippen MR) is 71.6 cm³/mol. The normalized spacial score (nSPS) is 25.3. The molecule has 2 atom stereocenters. The van der Waals surface area contributed by atoms with Crippen LogP contribution in [-0.2, 0) is 6.54 Å². The van der Waals surface area contributed by atoms with Crippen LogP contribution in [0.3, 0.4) is 0 Å². The molecule has 2 unspecified atom stereocenters. The van der Waals surface area contributed by atoms with Crippen LogP contribution in [0.4, 0.5) is 0 Å². The van der Waals surface area contributed by atoms with Gasteiger partial charge < -0.3 is 15.5 Å². The maximum Gasteiger partial charge on any atom is 0.0599 e. The molecule has 0 aliphatic carbocycles. The Hall–Kier alpha value is -0.650. The summed E-state index contributed by atoms with van der Waals surface area (Å²) in [4.78, 5) is 2.20. The van der Waals surface area contributed by atoms with Gasteiger partial charge in [-0.05, 0) is 17.7 Å². The third kappa shape index (κ3) is 3.43. The lowest BCUT2D eigenvalue weighted by Gasteiger charge is -2.39. The molecule has 0 bridgehead atoms. The van der Waals surface area contributed by atoms with Crippen LogP contribution in [0.25, 0.3) is 0 Å². The number of hydrogen-bond donors (Lipinski definition) is 3. The molecule has 1 aromatic rings. The highest BCUT2D eigenvalue weighted by atomic mass is 35.5. The van der Waals surface area contributed by atoms with E-state index < -0.39 is 0 Å². The van der Waals surface area contributed by atoms with Gasteiger partial charge in [0.2, 0.25) is 0 Å². The first-order valence-electron chi connectivity index (χ1n) is 6.16. The highest BCUT2D eigenvalue weighted by Gasteiger charge is 2.26. The van der Waals surface area contributed by atoms with Gasteiger partial charge in [0, 0.05) is 36.7 Å². The maximum absolute atomic E-state index is 9.38. The zero-order valence-electron chi connectivity index (χ0n) is 10.2. The van der Waals surface area contributed by atoms with Gasteiger partial charge in [-0.15, -0.1) is 0 Å². The van der Waals surface area contributed by atoms with Gasteiger partial charge in [-0.25, -0.2) is 0 Å². The monoisotopic (exact) mass is 270 g/mol. The molecule has 1 saturated heterocycles. The fourth-order valence-electron chi connectivity index (χ4n) is 2.25. The summed E-state index contributed by atoms with van der Waals surface area (Å²) in [5, 5.41) is 22.5. The van der Waals surface area contributed by atoms with Gasteiger partial charge in [-0.1, -0.05) is 23.7 Å². The summed E-state index contributed by atoms with van der Waals surface area (Å²) in [6, 6.07) is 7.91. The molecule has 18 heavy (non-hydrogen) atoms. The Kier molecular flexibility index (Phi) is 4.97. The molecule has 1 aliphatic heterocycles. The minimum Gasteiger partial charge on any atom is -0.395 e. The molecule has 2 rings (SSSR count). The molecule has 1 fully saturated rings. The van der Waals surface area contributed by atoms with Crippen molar-refractivity contribution >= 4 is 11.6 Å². The standard InChI is InChI=1S/C13H19ClN2O2/c14-11-3-1-10(2-4-11)6-16-7-12(8-17)15-5-13(16)9-18/h1-4,12-13,15,17-18H,5-9H2. The van der Waals surface area contributed by atoms with E-state index in [9.17, 15) is 10.2 Å².